The molecule has 3 nitrogen and oxygen atoms in total. The number of aryl methyl sites for hydroxylation is 1. The maximum Gasteiger partial charge on any atom is 0.224 e. The Hall–Kier alpha value is -1.61. The second-order valence-electron chi connectivity index (χ2n) is 3.32. The van der Waals surface area contributed by atoms with E-state index >= 15 is 0 Å². The van der Waals surface area contributed by atoms with E-state index in [1.165, 1.54) is 5.56 Å². The molecule has 0 fully saturated rings. The second kappa shape index (κ2) is 3.87. The van der Waals surface area contributed by atoms with Crippen LogP contribution < -0.4 is 5.73 Å². The third-order valence-corrected chi connectivity index (χ3v) is 2.20. The number of hydrogen-bond donors (Lipinski definition) is 1. The first-order valence-electron chi connectivity index (χ1n) is 4.52. The van der Waals surface area contributed by atoms with Crippen molar-refractivity contribution in [3.8, 4) is 11.3 Å². The Kier molecular flexibility index (Phi) is 2.56. The molecule has 0 saturated heterocycles. The number of anilines is 1. The van der Waals surface area contributed by atoms with Gasteiger partial charge < -0.3 is 5.73 Å². The fourth-order valence-electron chi connectivity index (χ4n) is 1.39. The van der Waals surface area contributed by atoms with Crippen LogP contribution in [0.15, 0.2) is 30.3 Å². The second-order valence-corrected chi connectivity index (χ2v) is 3.65. The zero-order chi connectivity index (χ0) is 10.8. The first-order valence-corrected chi connectivity index (χ1v) is 4.90. The molecule has 0 atom stereocenters. The lowest BCUT2D eigenvalue weighted by atomic mass is 10.1. The molecule has 0 spiro atoms. The van der Waals surface area contributed by atoms with Gasteiger partial charge in [0.2, 0.25) is 5.28 Å². The highest BCUT2D eigenvalue weighted by atomic mass is 35.5. The van der Waals surface area contributed by atoms with Crippen molar-refractivity contribution < 1.29 is 0 Å². The van der Waals surface area contributed by atoms with E-state index in [0.29, 0.717) is 5.82 Å². The molecule has 0 aliphatic carbocycles. The molecule has 1 aromatic heterocycles. The normalized spacial score (nSPS) is 10.3. The van der Waals surface area contributed by atoms with Gasteiger partial charge in [-0.15, -0.1) is 0 Å². The maximum atomic E-state index is 5.74. The van der Waals surface area contributed by atoms with Crippen LogP contribution in [0.25, 0.3) is 11.3 Å². The van der Waals surface area contributed by atoms with Gasteiger partial charge in [0.05, 0.1) is 5.69 Å². The Morgan fingerprint density at radius 3 is 2.67 bits per heavy atom. The van der Waals surface area contributed by atoms with Gasteiger partial charge in [-0.1, -0.05) is 23.8 Å². The van der Waals surface area contributed by atoms with Gasteiger partial charge in [0.15, 0.2) is 0 Å². The number of nitrogens with zero attached hydrogens (tertiary/aromatic N) is 2. The predicted molar refractivity (Wildman–Crippen MR) is 61.6 cm³/mol. The molecule has 15 heavy (non-hydrogen) atoms. The van der Waals surface area contributed by atoms with Crippen LogP contribution >= 0.6 is 11.6 Å². The van der Waals surface area contributed by atoms with E-state index in [1.807, 2.05) is 31.2 Å². The maximum absolute atomic E-state index is 5.74. The van der Waals surface area contributed by atoms with Crippen LogP contribution in [0.1, 0.15) is 5.56 Å². The SMILES string of the molecule is Cc1cccc(-c2cc(N)nc(Cl)n2)c1. The van der Waals surface area contributed by atoms with Crippen molar-refractivity contribution in [3.05, 3.63) is 41.2 Å². The Labute approximate surface area is 92.9 Å². The fourth-order valence-corrected chi connectivity index (χ4v) is 1.58. The molecular formula is C11H10ClN3. The third-order valence-electron chi connectivity index (χ3n) is 2.03. The molecule has 0 saturated carbocycles. The first kappa shape index (κ1) is 9.93. The van der Waals surface area contributed by atoms with Gasteiger partial charge in [0.1, 0.15) is 5.82 Å². The Morgan fingerprint density at radius 2 is 2.00 bits per heavy atom. The number of aromatic nitrogens is 2. The van der Waals surface area contributed by atoms with E-state index < -0.39 is 0 Å². The number of benzene rings is 1. The van der Waals surface area contributed by atoms with Crippen LogP contribution in [0, 0.1) is 6.92 Å². The summed E-state index contributed by atoms with van der Waals surface area (Å²) in [5.74, 6) is 0.381. The molecule has 2 rings (SSSR count). The number of rotatable bonds is 1. The first-order chi connectivity index (χ1) is 7.15. The summed E-state index contributed by atoms with van der Waals surface area (Å²) in [6.07, 6.45) is 0. The minimum absolute atomic E-state index is 0.173. The molecule has 1 aromatic carbocycles. The van der Waals surface area contributed by atoms with Crippen LogP contribution in [0.5, 0.6) is 0 Å². The van der Waals surface area contributed by atoms with Crippen molar-refractivity contribution in [2.45, 2.75) is 6.92 Å². The molecule has 0 aliphatic rings. The number of hydrogen-bond acceptors (Lipinski definition) is 3. The summed E-state index contributed by atoms with van der Waals surface area (Å²) in [7, 11) is 0. The molecule has 2 N–H and O–H groups in total. The summed E-state index contributed by atoms with van der Waals surface area (Å²) >= 11 is 5.74. The Bertz CT molecular complexity index is 477. The van der Waals surface area contributed by atoms with E-state index in [9.17, 15) is 0 Å². The van der Waals surface area contributed by atoms with E-state index in [1.54, 1.807) is 6.07 Å². The molecule has 0 radical (unpaired) electrons. The van der Waals surface area contributed by atoms with Crippen LogP contribution in [0.4, 0.5) is 5.82 Å². The molecule has 1 heterocycles. The fraction of sp³-hybridized carbons (Fsp3) is 0.0909. The minimum atomic E-state index is 0.173. The molecule has 0 amide bonds. The lowest BCUT2D eigenvalue weighted by molar-refractivity contribution is 1.18. The molecule has 2 aromatic rings. The Balaban J connectivity index is 2.54. The van der Waals surface area contributed by atoms with E-state index in [-0.39, 0.29) is 5.28 Å². The van der Waals surface area contributed by atoms with Crippen LogP contribution in [0.2, 0.25) is 5.28 Å². The molecule has 0 bridgehead atoms. The highest BCUT2D eigenvalue weighted by Crippen LogP contribution is 2.20. The molecule has 0 aliphatic heterocycles. The zero-order valence-corrected chi connectivity index (χ0v) is 8.99. The highest BCUT2D eigenvalue weighted by Gasteiger charge is 2.03. The van der Waals surface area contributed by atoms with Crippen molar-refractivity contribution in [2.24, 2.45) is 0 Å². The highest BCUT2D eigenvalue weighted by molar-refractivity contribution is 6.28. The number of halogens is 1. The predicted octanol–water partition coefficient (Wildman–Crippen LogP) is 2.69. The summed E-state index contributed by atoms with van der Waals surface area (Å²) in [6.45, 7) is 2.02. The van der Waals surface area contributed by atoms with Gasteiger partial charge in [-0.3, -0.25) is 0 Å². The largest absolute Gasteiger partial charge is 0.384 e. The average molecular weight is 220 g/mol. The number of nitrogen functional groups attached to an aromatic ring is 1. The van der Waals surface area contributed by atoms with Gasteiger partial charge in [0, 0.05) is 11.6 Å². The average Bonchev–Trinajstić information content (AvgIpc) is 2.16. The summed E-state index contributed by atoms with van der Waals surface area (Å²) in [5.41, 5.74) is 8.50. The van der Waals surface area contributed by atoms with E-state index in [0.717, 1.165) is 11.3 Å². The zero-order valence-electron chi connectivity index (χ0n) is 8.24. The topological polar surface area (TPSA) is 51.8 Å². The summed E-state index contributed by atoms with van der Waals surface area (Å²) in [6, 6.07) is 9.69. The van der Waals surface area contributed by atoms with Crippen molar-refractivity contribution in [2.75, 3.05) is 5.73 Å². The molecular weight excluding hydrogens is 210 g/mol. The quantitative estimate of drug-likeness (QED) is 0.751. The molecule has 0 unspecified atom stereocenters. The summed E-state index contributed by atoms with van der Waals surface area (Å²) in [4.78, 5) is 7.93. The summed E-state index contributed by atoms with van der Waals surface area (Å²) < 4.78 is 0. The van der Waals surface area contributed by atoms with Crippen molar-refractivity contribution >= 4 is 17.4 Å². The monoisotopic (exact) mass is 219 g/mol. The standard InChI is InChI=1S/C11H10ClN3/c1-7-3-2-4-8(5-7)9-6-10(13)15-11(12)14-9/h2-6H,1H3,(H2,13,14,15). The van der Waals surface area contributed by atoms with Gasteiger partial charge in [0.25, 0.3) is 0 Å². The Morgan fingerprint density at radius 1 is 1.20 bits per heavy atom. The molecule has 76 valence electrons. The van der Waals surface area contributed by atoms with Gasteiger partial charge in [-0.2, -0.15) is 0 Å². The van der Waals surface area contributed by atoms with Crippen LogP contribution in [-0.2, 0) is 0 Å². The smallest absolute Gasteiger partial charge is 0.224 e. The van der Waals surface area contributed by atoms with Crippen LogP contribution in [-0.4, -0.2) is 9.97 Å². The minimum Gasteiger partial charge on any atom is -0.384 e. The van der Waals surface area contributed by atoms with Crippen molar-refractivity contribution in [1.29, 1.82) is 0 Å². The van der Waals surface area contributed by atoms with Crippen LogP contribution in [0.3, 0.4) is 0 Å². The van der Waals surface area contributed by atoms with Crippen molar-refractivity contribution in [1.82, 2.24) is 9.97 Å². The summed E-state index contributed by atoms with van der Waals surface area (Å²) in [5, 5.41) is 0.173. The van der Waals surface area contributed by atoms with E-state index in [2.05, 4.69) is 9.97 Å². The number of nitrogens with two attached hydrogens (primary N) is 1. The third kappa shape index (κ3) is 2.25. The lowest BCUT2D eigenvalue weighted by Gasteiger charge is -2.03. The lowest BCUT2D eigenvalue weighted by Crippen LogP contribution is -1.94. The van der Waals surface area contributed by atoms with Crippen molar-refractivity contribution in [3.63, 3.8) is 0 Å². The van der Waals surface area contributed by atoms with Gasteiger partial charge >= 0.3 is 0 Å². The van der Waals surface area contributed by atoms with Gasteiger partial charge in [-0.05, 0) is 24.6 Å². The molecule has 4 heteroatoms. The van der Waals surface area contributed by atoms with Gasteiger partial charge in [-0.25, -0.2) is 9.97 Å². The van der Waals surface area contributed by atoms with E-state index in [4.69, 9.17) is 17.3 Å².